The quantitative estimate of drug-likeness (QED) is 0.572. The standard InChI is InChI=1S/C15H13N3S/c1-11(17-18-12-7-3-2-4-8-12)15-16-13-9-5-6-10-14(13)19-15/h2-10,18H,1H3/b17-11+. The molecule has 1 heterocycles. The number of anilines is 1. The fourth-order valence-electron chi connectivity index (χ4n) is 1.74. The number of hydrogen-bond acceptors (Lipinski definition) is 4. The van der Waals surface area contributed by atoms with Gasteiger partial charge in [-0.25, -0.2) is 4.98 Å². The SMILES string of the molecule is C/C(=N\Nc1ccccc1)c1nc2ccccc2s1. The number of fused-ring (bicyclic) bond motifs is 1. The molecule has 1 N–H and O–H groups in total. The highest BCUT2D eigenvalue weighted by atomic mass is 32.1. The molecule has 0 aliphatic heterocycles. The molecule has 0 bridgehead atoms. The molecule has 0 unspecified atom stereocenters. The van der Waals surface area contributed by atoms with E-state index in [0.29, 0.717) is 0 Å². The maximum absolute atomic E-state index is 4.57. The number of benzene rings is 2. The van der Waals surface area contributed by atoms with Crippen molar-refractivity contribution < 1.29 is 0 Å². The Kier molecular flexibility index (Phi) is 3.25. The van der Waals surface area contributed by atoms with Crippen LogP contribution in [-0.2, 0) is 0 Å². The molecule has 94 valence electrons. The summed E-state index contributed by atoms with van der Waals surface area (Å²) in [4.78, 5) is 4.57. The lowest BCUT2D eigenvalue weighted by molar-refractivity contribution is 1.31. The van der Waals surface area contributed by atoms with Crippen LogP contribution in [0, 0.1) is 0 Å². The molecule has 3 nitrogen and oxygen atoms in total. The minimum atomic E-state index is 0.894. The molecule has 0 amide bonds. The highest BCUT2D eigenvalue weighted by molar-refractivity contribution is 7.20. The summed E-state index contributed by atoms with van der Waals surface area (Å²) in [6, 6.07) is 18.0. The lowest BCUT2D eigenvalue weighted by atomic mass is 10.3. The van der Waals surface area contributed by atoms with E-state index in [-0.39, 0.29) is 0 Å². The second-order valence-corrected chi connectivity index (χ2v) is 5.19. The lowest BCUT2D eigenvalue weighted by Gasteiger charge is -2.00. The third kappa shape index (κ3) is 2.63. The van der Waals surface area contributed by atoms with Gasteiger partial charge in [0.05, 0.1) is 21.6 Å². The van der Waals surface area contributed by atoms with Crippen molar-refractivity contribution in [1.29, 1.82) is 0 Å². The van der Waals surface area contributed by atoms with Crippen molar-refractivity contribution in [2.75, 3.05) is 5.43 Å². The van der Waals surface area contributed by atoms with Crippen molar-refractivity contribution in [1.82, 2.24) is 4.98 Å². The Morgan fingerprint density at radius 2 is 1.79 bits per heavy atom. The predicted octanol–water partition coefficient (Wildman–Crippen LogP) is 4.13. The lowest BCUT2D eigenvalue weighted by Crippen LogP contribution is -1.98. The van der Waals surface area contributed by atoms with Crippen molar-refractivity contribution in [2.45, 2.75) is 6.92 Å². The third-order valence-electron chi connectivity index (χ3n) is 2.73. The van der Waals surface area contributed by atoms with E-state index < -0.39 is 0 Å². The van der Waals surface area contributed by atoms with Crippen LogP contribution in [0.4, 0.5) is 5.69 Å². The molecule has 0 saturated heterocycles. The van der Waals surface area contributed by atoms with E-state index in [9.17, 15) is 0 Å². The van der Waals surface area contributed by atoms with E-state index >= 15 is 0 Å². The fraction of sp³-hybridized carbons (Fsp3) is 0.0667. The number of nitrogens with zero attached hydrogens (tertiary/aromatic N) is 2. The summed E-state index contributed by atoms with van der Waals surface area (Å²) >= 11 is 1.66. The maximum atomic E-state index is 4.57. The van der Waals surface area contributed by atoms with Crippen molar-refractivity contribution in [3.8, 4) is 0 Å². The fourth-order valence-corrected chi connectivity index (χ4v) is 2.65. The Labute approximate surface area is 115 Å². The van der Waals surface area contributed by atoms with Crippen LogP contribution < -0.4 is 5.43 Å². The molecule has 0 aliphatic carbocycles. The molecule has 0 aliphatic rings. The van der Waals surface area contributed by atoms with Gasteiger partial charge in [-0.05, 0) is 31.2 Å². The summed E-state index contributed by atoms with van der Waals surface area (Å²) in [5, 5.41) is 5.32. The van der Waals surface area contributed by atoms with Gasteiger partial charge in [-0.2, -0.15) is 5.10 Å². The molecule has 3 aromatic rings. The van der Waals surface area contributed by atoms with Crippen LogP contribution in [0.5, 0.6) is 0 Å². The average molecular weight is 267 g/mol. The van der Waals surface area contributed by atoms with Gasteiger partial charge < -0.3 is 0 Å². The second kappa shape index (κ2) is 5.20. The predicted molar refractivity (Wildman–Crippen MR) is 81.9 cm³/mol. The molecule has 19 heavy (non-hydrogen) atoms. The summed E-state index contributed by atoms with van der Waals surface area (Å²) < 4.78 is 1.19. The smallest absolute Gasteiger partial charge is 0.140 e. The first-order valence-electron chi connectivity index (χ1n) is 6.04. The molecule has 1 aromatic heterocycles. The van der Waals surface area contributed by atoms with Gasteiger partial charge in [0.1, 0.15) is 5.01 Å². The Morgan fingerprint density at radius 3 is 2.58 bits per heavy atom. The third-order valence-corrected chi connectivity index (χ3v) is 3.88. The molecule has 4 heteroatoms. The molecule has 0 atom stereocenters. The highest BCUT2D eigenvalue weighted by Crippen LogP contribution is 2.22. The molecule has 2 aromatic carbocycles. The minimum absolute atomic E-state index is 0.894. The van der Waals surface area contributed by atoms with E-state index in [2.05, 4.69) is 21.6 Å². The van der Waals surface area contributed by atoms with Crippen LogP contribution in [0.15, 0.2) is 59.7 Å². The number of nitrogens with one attached hydrogen (secondary N) is 1. The van der Waals surface area contributed by atoms with Crippen molar-refractivity contribution in [2.24, 2.45) is 5.10 Å². The van der Waals surface area contributed by atoms with Gasteiger partial charge in [0.15, 0.2) is 0 Å². The van der Waals surface area contributed by atoms with E-state index in [1.807, 2.05) is 55.5 Å². The summed E-state index contributed by atoms with van der Waals surface area (Å²) in [6.45, 7) is 1.97. The van der Waals surface area contributed by atoms with Crippen LogP contribution in [0.3, 0.4) is 0 Å². The minimum Gasteiger partial charge on any atom is -0.278 e. The van der Waals surface area contributed by atoms with Gasteiger partial charge in [0.2, 0.25) is 0 Å². The summed E-state index contributed by atoms with van der Waals surface area (Å²) in [7, 11) is 0. The van der Waals surface area contributed by atoms with E-state index in [4.69, 9.17) is 0 Å². The van der Waals surface area contributed by atoms with Gasteiger partial charge in [-0.15, -0.1) is 11.3 Å². The Bertz CT molecular complexity index is 683. The first-order chi connectivity index (χ1) is 9.33. The number of hydrogen-bond donors (Lipinski definition) is 1. The molecule has 3 rings (SSSR count). The number of para-hydroxylation sites is 2. The van der Waals surface area contributed by atoms with E-state index in [0.717, 1.165) is 21.9 Å². The van der Waals surface area contributed by atoms with Crippen molar-refractivity contribution in [3.05, 3.63) is 59.6 Å². The monoisotopic (exact) mass is 267 g/mol. The Hall–Kier alpha value is -2.20. The van der Waals surface area contributed by atoms with Crippen molar-refractivity contribution >= 4 is 33.0 Å². The Balaban J connectivity index is 1.85. The maximum Gasteiger partial charge on any atom is 0.140 e. The molecular formula is C15H13N3S. The van der Waals surface area contributed by atoms with Crippen LogP contribution in [0.1, 0.15) is 11.9 Å². The molecule has 0 fully saturated rings. The summed E-state index contributed by atoms with van der Waals surface area (Å²) in [5.41, 5.74) is 5.94. The van der Waals surface area contributed by atoms with Gasteiger partial charge in [-0.3, -0.25) is 5.43 Å². The molecule has 0 saturated carbocycles. The van der Waals surface area contributed by atoms with Gasteiger partial charge in [0.25, 0.3) is 0 Å². The number of aromatic nitrogens is 1. The highest BCUT2D eigenvalue weighted by Gasteiger charge is 2.05. The number of hydrazone groups is 1. The zero-order valence-corrected chi connectivity index (χ0v) is 11.3. The topological polar surface area (TPSA) is 37.3 Å². The van der Waals surface area contributed by atoms with Crippen molar-refractivity contribution in [3.63, 3.8) is 0 Å². The summed E-state index contributed by atoms with van der Waals surface area (Å²) in [5.74, 6) is 0. The first kappa shape index (κ1) is 11.9. The average Bonchev–Trinajstić information content (AvgIpc) is 2.90. The van der Waals surface area contributed by atoms with Crippen LogP contribution in [0.2, 0.25) is 0 Å². The van der Waals surface area contributed by atoms with Crippen LogP contribution in [-0.4, -0.2) is 10.7 Å². The summed E-state index contributed by atoms with van der Waals surface area (Å²) in [6.07, 6.45) is 0. The van der Waals surface area contributed by atoms with Crippen LogP contribution >= 0.6 is 11.3 Å². The van der Waals surface area contributed by atoms with Gasteiger partial charge in [-0.1, -0.05) is 30.3 Å². The zero-order valence-electron chi connectivity index (χ0n) is 10.5. The number of thiazole rings is 1. The van der Waals surface area contributed by atoms with Gasteiger partial charge >= 0.3 is 0 Å². The van der Waals surface area contributed by atoms with E-state index in [1.165, 1.54) is 4.70 Å². The first-order valence-corrected chi connectivity index (χ1v) is 6.86. The molecular weight excluding hydrogens is 254 g/mol. The van der Waals surface area contributed by atoms with E-state index in [1.54, 1.807) is 11.3 Å². The Morgan fingerprint density at radius 1 is 1.05 bits per heavy atom. The zero-order chi connectivity index (χ0) is 13.1. The van der Waals surface area contributed by atoms with Crippen LogP contribution in [0.25, 0.3) is 10.2 Å². The normalized spacial score (nSPS) is 11.7. The largest absolute Gasteiger partial charge is 0.278 e. The molecule has 0 spiro atoms. The number of rotatable bonds is 3. The van der Waals surface area contributed by atoms with Gasteiger partial charge in [0, 0.05) is 0 Å². The molecule has 0 radical (unpaired) electrons. The second-order valence-electron chi connectivity index (χ2n) is 4.16.